The molecule has 0 radical (unpaired) electrons. The van der Waals surface area contributed by atoms with Crippen LogP contribution in [0.4, 0.5) is 5.69 Å². The molecule has 2 aliphatic carbocycles. The molecule has 26 heavy (non-hydrogen) atoms. The molecule has 3 rings (SSSR count). The van der Waals surface area contributed by atoms with Crippen LogP contribution in [0.25, 0.3) is 11.1 Å². The van der Waals surface area contributed by atoms with Gasteiger partial charge < -0.3 is 14.4 Å². The molecule has 1 fully saturated rings. The van der Waals surface area contributed by atoms with E-state index in [1.807, 2.05) is 30.3 Å². The van der Waals surface area contributed by atoms with Crippen LogP contribution >= 0.6 is 0 Å². The lowest BCUT2D eigenvalue weighted by Crippen LogP contribution is -2.31. The molecule has 0 amide bonds. The number of hydrogen-bond donors (Lipinski definition) is 0. The van der Waals surface area contributed by atoms with E-state index in [0.29, 0.717) is 30.0 Å². The van der Waals surface area contributed by atoms with Gasteiger partial charge in [-0.25, -0.2) is 9.59 Å². The van der Waals surface area contributed by atoms with Crippen LogP contribution in [0.15, 0.2) is 30.3 Å². The molecular weight excluding hydrogens is 330 g/mol. The molecule has 0 saturated carbocycles. The molecule has 0 atom stereocenters. The molecule has 0 N–H and O–H groups in total. The van der Waals surface area contributed by atoms with Gasteiger partial charge in [0.1, 0.15) is 0 Å². The third kappa shape index (κ3) is 3.39. The van der Waals surface area contributed by atoms with Crippen molar-refractivity contribution in [3.05, 3.63) is 41.5 Å². The van der Waals surface area contributed by atoms with E-state index in [9.17, 15) is 9.59 Å². The number of piperidine rings is 1. The summed E-state index contributed by atoms with van der Waals surface area (Å²) in [5.41, 5.74) is 3.09. The summed E-state index contributed by atoms with van der Waals surface area (Å²) in [5, 5.41) is 0. The highest BCUT2D eigenvalue weighted by Crippen LogP contribution is 2.43. The minimum Gasteiger partial charge on any atom is -0.462 e. The zero-order chi connectivity index (χ0) is 18.5. The standard InChI is InChI=1S/C21H25NO4/c1-3-25-20(23)17-15-11-7-5-8-12-16(15)18(21(24)26-4-2)19(17)22-13-9-6-10-14-22/h5,7-8,11-12H,3-4,6,9-10,13-14H2,1-2H3. The molecule has 0 bridgehead atoms. The summed E-state index contributed by atoms with van der Waals surface area (Å²) in [7, 11) is 0. The Bertz CT molecular complexity index is 712. The lowest BCUT2D eigenvalue weighted by Gasteiger charge is -2.30. The first kappa shape index (κ1) is 18.2. The van der Waals surface area contributed by atoms with E-state index in [1.165, 1.54) is 0 Å². The van der Waals surface area contributed by atoms with E-state index in [0.717, 1.165) is 43.5 Å². The SMILES string of the molecule is CCOC(=O)c1c2cccccc-2c(C(=O)OCC)c1N1CCCCC1. The van der Waals surface area contributed by atoms with Gasteiger partial charge in [-0.3, -0.25) is 0 Å². The molecule has 1 heterocycles. The maximum atomic E-state index is 12.8. The molecule has 0 spiro atoms. The monoisotopic (exact) mass is 355 g/mol. The fourth-order valence-electron chi connectivity index (χ4n) is 3.62. The molecule has 5 heteroatoms. The molecular formula is C21H25NO4. The van der Waals surface area contributed by atoms with Crippen LogP contribution < -0.4 is 4.90 Å². The first-order chi connectivity index (χ1) is 12.7. The zero-order valence-electron chi connectivity index (χ0n) is 15.4. The summed E-state index contributed by atoms with van der Waals surface area (Å²) in [4.78, 5) is 27.8. The van der Waals surface area contributed by atoms with Crippen LogP contribution in [0, 0.1) is 0 Å². The van der Waals surface area contributed by atoms with Gasteiger partial charge in [0.2, 0.25) is 0 Å². The summed E-state index contributed by atoms with van der Waals surface area (Å²) >= 11 is 0. The Morgan fingerprint density at radius 1 is 0.846 bits per heavy atom. The van der Waals surface area contributed by atoms with Gasteiger partial charge in [-0.2, -0.15) is 0 Å². The van der Waals surface area contributed by atoms with Crippen LogP contribution in [-0.4, -0.2) is 38.2 Å². The Kier molecular flexibility index (Phi) is 5.76. The predicted molar refractivity (Wildman–Crippen MR) is 101 cm³/mol. The quantitative estimate of drug-likeness (QED) is 0.755. The second-order valence-corrected chi connectivity index (χ2v) is 6.33. The molecule has 138 valence electrons. The molecule has 0 aromatic carbocycles. The van der Waals surface area contributed by atoms with Crippen molar-refractivity contribution in [3.63, 3.8) is 0 Å². The maximum Gasteiger partial charge on any atom is 0.340 e. The lowest BCUT2D eigenvalue weighted by atomic mass is 10.1. The topological polar surface area (TPSA) is 55.8 Å². The maximum absolute atomic E-state index is 12.8. The summed E-state index contributed by atoms with van der Waals surface area (Å²) in [6, 6.07) is 9.37. The van der Waals surface area contributed by atoms with Crippen molar-refractivity contribution in [2.45, 2.75) is 33.1 Å². The highest BCUT2D eigenvalue weighted by Gasteiger charge is 2.35. The first-order valence-electron chi connectivity index (χ1n) is 9.32. The second-order valence-electron chi connectivity index (χ2n) is 6.33. The molecule has 0 aromatic heterocycles. The van der Waals surface area contributed by atoms with Crippen LogP contribution in [-0.2, 0) is 9.47 Å². The van der Waals surface area contributed by atoms with Crippen LogP contribution in [0.1, 0.15) is 53.8 Å². The van der Waals surface area contributed by atoms with E-state index in [4.69, 9.17) is 9.47 Å². The van der Waals surface area contributed by atoms with Crippen LogP contribution in [0.5, 0.6) is 0 Å². The first-order valence-corrected chi connectivity index (χ1v) is 9.32. The molecule has 5 nitrogen and oxygen atoms in total. The van der Waals surface area contributed by atoms with Crippen molar-refractivity contribution in [1.82, 2.24) is 0 Å². The number of nitrogens with zero attached hydrogens (tertiary/aromatic N) is 1. The van der Waals surface area contributed by atoms with E-state index >= 15 is 0 Å². The lowest BCUT2D eigenvalue weighted by molar-refractivity contribution is 0.0525. The van der Waals surface area contributed by atoms with E-state index < -0.39 is 0 Å². The minimum absolute atomic E-state index is 0.290. The second kappa shape index (κ2) is 8.21. The van der Waals surface area contributed by atoms with Gasteiger partial charge in [0.25, 0.3) is 0 Å². The van der Waals surface area contributed by atoms with Gasteiger partial charge in [-0.1, -0.05) is 30.3 Å². The molecule has 0 aromatic rings. The van der Waals surface area contributed by atoms with Crippen molar-refractivity contribution < 1.29 is 19.1 Å². The average molecular weight is 355 g/mol. The van der Waals surface area contributed by atoms with E-state index in [1.54, 1.807) is 13.8 Å². The van der Waals surface area contributed by atoms with Crippen molar-refractivity contribution in [3.8, 4) is 11.1 Å². The normalized spacial score (nSPS) is 14.3. The fraction of sp³-hybridized carbons (Fsp3) is 0.429. The van der Waals surface area contributed by atoms with Crippen molar-refractivity contribution >= 4 is 17.6 Å². The molecule has 3 aliphatic rings. The fourth-order valence-corrected chi connectivity index (χ4v) is 3.62. The van der Waals surface area contributed by atoms with Gasteiger partial charge >= 0.3 is 11.9 Å². The van der Waals surface area contributed by atoms with Gasteiger partial charge in [0.05, 0.1) is 30.0 Å². The number of rotatable bonds is 5. The van der Waals surface area contributed by atoms with Crippen LogP contribution in [0.2, 0.25) is 0 Å². The molecule has 0 unspecified atom stereocenters. The highest BCUT2D eigenvalue weighted by atomic mass is 16.5. The van der Waals surface area contributed by atoms with E-state index in [-0.39, 0.29) is 11.9 Å². The Labute approximate surface area is 154 Å². The number of hydrogen-bond acceptors (Lipinski definition) is 5. The van der Waals surface area contributed by atoms with Crippen molar-refractivity contribution in [2.24, 2.45) is 0 Å². The van der Waals surface area contributed by atoms with Crippen molar-refractivity contribution in [2.75, 3.05) is 31.2 Å². The smallest absolute Gasteiger partial charge is 0.340 e. The highest BCUT2D eigenvalue weighted by molar-refractivity contribution is 6.16. The van der Waals surface area contributed by atoms with Crippen molar-refractivity contribution in [1.29, 1.82) is 0 Å². The number of esters is 2. The average Bonchev–Trinajstić information content (AvgIpc) is 2.79. The Balaban J connectivity index is 2.27. The van der Waals surface area contributed by atoms with Gasteiger partial charge in [0, 0.05) is 13.1 Å². The summed E-state index contributed by atoms with van der Waals surface area (Å²) in [6.07, 6.45) is 3.24. The summed E-state index contributed by atoms with van der Waals surface area (Å²) < 4.78 is 10.7. The number of carbonyl (C=O) groups excluding carboxylic acids is 2. The number of carbonyl (C=O) groups is 2. The molecule has 1 saturated heterocycles. The van der Waals surface area contributed by atoms with Crippen LogP contribution in [0.3, 0.4) is 0 Å². The van der Waals surface area contributed by atoms with E-state index in [2.05, 4.69) is 4.90 Å². The predicted octanol–water partition coefficient (Wildman–Crippen LogP) is 4.14. The third-order valence-electron chi connectivity index (χ3n) is 4.68. The largest absolute Gasteiger partial charge is 0.462 e. The number of fused-ring (bicyclic) bond motifs is 1. The summed E-state index contributed by atoms with van der Waals surface area (Å²) in [5.74, 6) is -0.778. The number of ether oxygens (including phenoxy) is 2. The van der Waals surface area contributed by atoms with Gasteiger partial charge in [-0.05, 0) is 44.2 Å². The van der Waals surface area contributed by atoms with Gasteiger partial charge in [-0.15, -0.1) is 0 Å². The Morgan fingerprint density at radius 3 is 1.81 bits per heavy atom. The minimum atomic E-state index is -0.389. The van der Waals surface area contributed by atoms with Gasteiger partial charge in [0.15, 0.2) is 0 Å². The summed E-state index contributed by atoms with van der Waals surface area (Å²) in [6.45, 7) is 5.80. The molecule has 1 aliphatic heterocycles. The third-order valence-corrected chi connectivity index (χ3v) is 4.68. The Hall–Kier alpha value is -2.56. The zero-order valence-corrected chi connectivity index (χ0v) is 15.4. The Morgan fingerprint density at radius 2 is 1.35 bits per heavy atom. The number of anilines is 1.